The first kappa shape index (κ1) is 15.0. The summed E-state index contributed by atoms with van der Waals surface area (Å²) in [4.78, 5) is 11.9. The molecule has 0 spiro atoms. The van der Waals surface area contributed by atoms with Crippen LogP contribution in [0.5, 0.6) is 5.75 Å². The molecule has 2 rings (SSSR count). The first-order valence-corrected chi connectivity index (χ1v) is 6.90. The first-order valence-electron chi connectivity index (χ1n) is 6.90. The van der Waals surface area contributed by atoms with Crippen LogP contribution in [0.25, 0.3) is 0 Å². The van der Waals surface area contributed by atoms with E-state index in [1.807, 2.05) is 30.3 Å². The monoisotopic (exact) mass is 287 g/mol. The number of benzene rings is 2. The number of hydrogen-bond donors (Lipinski definition) is 2. The van der Waals surface area contributed by atoms with Gasteiger partial charge in [-0.05, 0) is 30.0 Å². The van der Waals surface area contributed by atoms with Crippen LogP contribution >= 0.6 is 0 Å². The lowest BCUT2D eigenvalue weighted by Crippen LogP contribution is -2.26. The highest BCUT2D eigenvalue weighted by Gasteiger charge is 2.16. The number of halogens is 1. The molecule has 2 aromatic carbocycles. The number of carbonyl (C=O) groups is 1. The molecule has 4 heteroatoms. The lowest BCUT2D eigenvalue weighted by molar-refractivity contribution is 0.0945. The molecular weight excluding hydrogens is 269 g/mol. The number of phenolic OH excluding ortho intramolecular Hbond substituents is 1. The number of rotatable bonds is 5. The highest BCUT2D eigenvalue weighted by molar-refractivity contribution is 5.97. The normalized spacial score (nSPS) is 11.9. The minimum Gasteiger partial charge on any atom is -0.507 e. The quantitative estimate of drug-likeness (QED) is 0.885. The Morgan fingerprint density at radius 2 is 1.90 bits per heavy atom. The molecule has 110 valence electrons. The van der Waals surface area contributed by atoms with E-state index in [0.29, 0.717) is 12.5 Å². The summed E-state index contributed by atoms with van der Waals surface area (Å²) in [6.07, 6.45) is 0.741. The van der Waals surface area contributed by atoms with Gasteiger partial charge >= 0.3 is 0 Å². The molecular formula is C17H18FNO2. The van der Waals surface area contributed by atoms with Crippen molar-refractivity contribution in [3.05, 3.63) is 65.5 Å². The average molecular weight is 287 g/mol. The summed E-state index contributed by atoms with van der Waals surface area (Å²) in [5.74, 6) is -1.36. The van der Waals surface area contributed by atoms with Gasteiger partial charge in [-0.1, -0.05) is 43.3 Å². The largest absolute Gasteiger partial charge is 0.507 e. The maximum atomic E-state index is 13.5. The lowest BCUT2D eigenvalue weighted by Gasteiger charge is -2.13. The van der Waals surface area contributed by atoms with Crippen LogP contribution in [0.2, 0.25) is 0 Å². The van der Waals surface area contributed by atoms with Gasteiger partial charge in [-0.3, -0.25) is 4.79 Å². The van der Waals surface area contributed by atoms with Crippen molar-refractivity contribution in [1.29, 1.82) is 0 Å². The maximum absolute atomic E-state index is 13.5. The van der Waals surface area contributed by atoms with Crippen molar-refractivity contribution < 1.29 is 14.3 Å². The first-order chi connectivity index (χ1) is 10.1. The van der Waals surface area contributed by atoms with Gasteiger partial charge in [0, 0.05) is 6.54 Å². The summed E-state index contributed by atoms with van der Waals surface area (Å²) in [6.45, 7) is 2.49. The third-order valence-electron chi connectivity index (χ3n) is 3.45. The fourth-order valence-corrected chi connectivity index (χ4v) is 2.18. The molecule has 0 aliphatic heterocycles. The molecule has 0 saturated heterocycles. The van der Waals surface area contributed by atoms with Crippen molar-refractivity contribution in [1.82, 2.24) is 5.32 Å². The van der Waals surface area contributed by atoms with Crippen molar-refractivity contribution in [3.63, 3.8) is 0 Å². The number of nitrogens with one attached hydrogen (secondary N) is 1. The van der Waals surface area contributed by atoms with Gasteiger partial charge < -0.3 is 10.4 Å². The molecule has 3 nitrogen and oxygen atoms in total. The predicted octanol–water partition coefficient (Wildman–Crippen LogP) is 3.45. The summed E-state index contributed by atoms with van der Waals surface area (Å²) in [6, 6.07) is 13.8. The Labute approximate surface area is 123 Å². The van der Waals surface area contributed by atoms with Gasteiger partial charge in [0.15, 0.2) is 0 Å². The number of carbonyl (C=O) groups excluding carboxylic acids is 1. The topological polar surface area (TPSA) is 49.3 Å². The zero-order chi connectivity index (χ0) is 15.2. The molecule has 1 atom stereocenters. The van der Waals surface area contributed by atoms with Crippen LogP contribution in [0.15, 0.2) is 48.5 Å². The third kappa shape index (κ3) is 3.81. The van der Waals surface area contributed by atoms with Crippen molar-refractivity contribution >= 4 is 5.91 Å². The lowest BCUT2D eigenvalue weighted by atomic mass is 9.98. The second-order valence-corrected chi connectivity index (χ2v) is 4.99. The molecule has 0 aliphatic carbocycles. The zero-order valence-corrected chi connectivity index (χ0v) is 11.8. The van der Waals surface area contributed by atoms with E-state index < -0.39 is 11.7 Å². The summed E-state index contributed by atoms with van der Waals surface area (Å²) in [5, 5.41) is 12.2. The van der Waals surface area contributed by atoms with Crippen LogP contribution in [-0.2, 0) is 0 Å². The summed E-state index contributed by atoms with van der Waals surface area (Å²) >= 11 is 0. The summed E-state index contributed by atoms with van der Waals surface area (Å²) < 4.78 is 13.5. The van der Waals surface area contributed by atoms with E-state index >= 15 is 0 Å². The van der Waals surface area contributed by atoms with E-state index in [0.717, 1.165) is 12.5 Å². The Morgan fingerprint density at radius 3 is 2.57 bits per heavy atom. The molecule has 1 unspecified atom stereocenters. The molecule has 21 heavy (non-hydrogen) atoms. The van der Waals surface area contributed by atoms with Crippen LogP contribution in [0.4, 0.5) is 4.39 Å². The Morgan fingerprint density at radius 1 is 1.19 bits per heavy atom. The minimum absolute atomic E-state index is 0.292. The molecule has 2 N–H and O–H groups in total. The summed E-state index contributed by atoms with van der Waals surface area (Å²) in [7, 11) is 0. The second kappa shape index (κ2) is 6.88. The van der Waals surface area contributed by atoms with Crippen molar-refractivity contribution in [2.24, 2.45) is 0 Å². The molecule has 0 saturated carbocycles. The van der Waals surface area contributed by atoms with Gasteiger partial charge in [0.25, 0.3) is 5.91 Å². The molecule has 0 heterocycles. The van der Waals surface area contributed by atoms with Crippen molar-refractivity contribution in [3.8, 4) is 5.75 Å². The van der Waals surface area contributed by atoms with E-state index in [4.69, 9.17) is 0 Å². The van der Waals surface area contributed by atoms with Crippen LogP contribution < -0.4 is 5.32 Å². The second-order valence-electron chi connectivity index (χ2n) is 4.99. The minimum atomic E-state index is -0.719. The fourth-order valence-electron chi connectivity index (χ4n) is 2.18. The average Bonchev–Trinajstić information content (AvgIpc) is 2.48. The van der Waals surface area contributed by atoms with Gasteiger partial charge in [0.1, 0.15) is 17.1 Å². The fraction of sp³-hybridized carbons (Fsp3) is 0.235. The number of phenols is 1. The number of hydrogen-bond acceptors (Lipinski definition) is 2. The molecule has 0 radical (unpaired) electrons. The Bertz CT molecular complexity index is 593. The molecule has 0 bridgehead atoms. The molecule has 1 amide bonds. The van der Waals surface area contributed by atoms with E-state index in [1.165, 1.54) is 17.7 Å². The van der Waals surface area contributed by atoms with Gasteiger partial charge in [-0.15, -0.1) is 0 Å². The van der Waals surface area contributed by atoms with Crippen LogP contribution in [0.1, 0.15) is 35.2 Å². The Hall–Kier alpha value is -2.36. The zero-order valence-electron chi connectivity index (χ0n) is 11.8. The van der Waals surface area contributed by atoms with E-state index in [9.17, 15) is 14.3 Å². The maximum Gasteiger partial charge on any atom is 0.258 e. The van der Waals surface area contributed by atoms with Crippen LogP contribution in [0, 0.1) is 5.82 Å². The van der Waals surface area contributed by atoms with Gasteiger partial charge in [-0.2, -0.15) is 0 Å². The predicted molar refractivity (Wildman–Crippen MR) is 79.9 cm³/mol. The molecule has 2 aromatic rings. The third-order valence-corrected chi connectivity index (χ3v) is 3.45. The number of amides is 1. The van der Waals surface area contributed by atoms with Crippen molar-refractivity contribution in [2.75, 3.05) is 6.54 Å². The highest BCUT2D eigenvalue weighted by Crippen LogP contribution is 2.20. The molecule has 0 aliphatic rings. The van der Waals surface area contributed by atoms with Gasteiger partial charge in [0.2, 0.25) is 0 Å². The standard InChI is InChI=1S/C17H18FNO2/c1-12(13-6-3-2-4-7-13)10-11-19-17(21)16-14(18)8-5-9-15(16)20/h2-9,12,20H,10-11H2,1H3,(H,19,21). The van der Waals surface area contributed by atoms with Gasteiger partial charge in [0.05, 0.1) is 0 Å². The highest BCUT2D eigenvalue weighted by atomic mass is 19.1. The molecule has 0 aromatic heterocycles. The van der Waals surface area contributed by atoms with Crippen molar-refractivity contribution in [2.45, 2.75) is 19.3 Å². The Balaban J connectivity index is 1.90. The van der Waals surface area contributed by atoms with Crippen LogP contribution in [0.3, 0.4) is 0 Å². The summed E-state index contributed by atoms with van der Waals surface area (Å²) in [5.41, 5.74) is 0.894. The molecule has 0 fully saturated rings. The Kier molecular flexibility index (Phi) is 4.93. The van der Waals surface area contributed by atoms with E-state index in [1.54, 1.807) is 0 Å². The van der Waals surface area contributed by atoms with E-state index in [2.05, 4.69) is 12.2 Å². The van der Waals surface area contributed by atoms with Gasteiger partial charge in [-0.25, -0.2) is 4.39 Å². The SMILES string of the molecule is CC(CCNC(=O)c1c(O)cccc1F)c1ccccc1. The van der Waals surface area contributed by atoms with Crippen LogP contribution in [-0.4, -0.2) is 17.6 Å². The smallest absolute Gasteiger partial charge is 0.258 e. The van der Waals surface area contributed by atoms with E-state index in [-0.39, 0.29) is 11.3 Å². The number of aromatic hydroxyl groups is 1.